The summed E-state index contributed by atoms with van der Waals surface area (Å²) in [7, 11) is 0. The Kier molecular flexibility index (Phi) is 1.09. The molecule has 2 heteroatoms. The van der Waals surface area contributed by atoms with Crippen molar-refractivity contribution in [3.05, 3.63) is 34.7 Å². The highest BCUT2D eigenvalue weighted by atomic mass is 16.4. The van der Waals surface area contributed by atoms with E-state index in [1.165, 1.54) is 0 Å². The number of hydrogen-bond donors (Lipinski definition) is 1. The summed E-state index contributed by atoms with van der Waals surface area (Å²) in [6.45, 7) is 0. The standard InChI is InChI=1S/C9H6O2/c10-9(11)8-5-6-3-1-2-4-7(6)8/h1-5H,(H,10,11). The van der Waals surface area contributed by atoms with Crippen LogP contribution in [0.25, 0.3) is 11.6 Å². The Morgan fingerprint density at radius 2 is 2.00 bits per heavy atom. The van der Waals surface area contributed by atoms with Gasteiger partial charge in [0.2, 0.25) is 0 Å². The van der Waals surface area contributed by atoms with E-state index in [1.807, 2.05) is 24.3 Å². The van der Waals surface area contributed by atoms with Crippen LogP contribution in [0, 0.1) is 0 Å². The van der Waals surface area contributed by atoms with Crippen LogP contribution in [0.5, 0.6) is 0 Å². The maximum absolute atomic E-state index is 10.5. The minimum absolute atomic E-state index is 0.417. The maximum Gasteiger partial charge on any atom is 0.336 e. The fraction of sp³-hybridized carbons (Fsp3) is 0. The number of carboxylic acids is 1. The van der Waals surface area contributed by atoms with Crippen molar-refractivity contribution in [2.24, 2.45) is 0 Å². The van der Waals surface area contributed by atoms with Crippen LogP contribution < -0.4 is 10.4 Å². The molecule has 0 atom stereocenters. The van der Waals surface area contributed by atoms with Crippen LogP contribution in [0.2, 0.25) is 0 Å². The lowest BCUT2D eigenvalue weighted by molar-refractivity contribution is -0.130. The van der Waals surface area contributed by atoms with Crippen LogP contribution in [-0.2, 0) is 4.79 Å². The third kappa shape index (κ3) is 0.759. The molecule has 1 aliphatic carbocycles. The van der Waals surface area contributed by atoms with Crippen molar-refractivity contribution in [2.45, 2.75) is 0 Å². The van der Waals surface area contributed by atoms with E-state index >= 15 is 0 Å². The second-order valence-corrected chi connectivity index (χ2v) is 2.45. The molecule has 11 heavy (non-hydrogen) atoms. The smallest absolute Gasteiger partial charge is 0.336 e. The van der Waals surface area contributed by atoms with Gasteiger partial charge >= 0.3 is 5.97 Å². The SMILES string of the molecule is O=C(O)C1=c2ccccc2=C1. The lowest BCUT2D eigenvalue weighted by Crippen LogP contribution is -2.36. The van der Waals surface area contributed by atoms with Crippen molar-refractivity contribution in [3.8, 4) is 0 Å². The predicted octanol–water partition coefficient (Wildman–Crippen LogP) is -0.284. The molecule has 1 aliphatic rings. The normalized spacial score (nSPS) is 12.9. The van der Waals surface area contributed by atoms with Gasteiger partial charge in [-0.25, -0.2) is 4.79 Å². The van der Waals surface area contributed by atoms with Gasteiger partial charge in [0.05, 0.1) is 5.57 Å². The van der Waals surface area contributed by atoms with Crippen molar-refractivity contribution in [2.75, 3.05) is 0 Å². The zero-order valence-electron chi connectivity index (χ0n) is 5.74. The summed E-state index contributed by atoms with van der Waals surface area (Å²) in [6, 6.07) is 7.46. The summed E-state index contributed by atoms with van der Waals surface area (Å²) in [5, 5.41) is 10.5. The van der Waals surface area contributed by atoms with Crippen molar-refractivity contribution in [3.63, 3.8) is 0 Å². The van der Waals surface area contributed by atoms with E-state index in [4.69, 9.17) is 5.11 Å². The van der Waals surface area contributed by atoms with Crippen LogP contribution in [-0.4, -0.2) is 11.1 Å². The summed E-state index contributed by atoms with van der Waals surface area (Å²) in [5.41, 5.74) is 0.417. The fourth-order valence-corrected chi connectivity index (χ4v) is 1.20. The first kappa shape index (κ1) is 6.16. The number of aliphatic carboxylic acids is 1. The Morgan fingerprint density at radius 1 is 1.27 bits per heavy atom. The third-order valence-corrected chi connectivity index (χ3v) is 1.78. The average Bonchev–Trinajstić information content (AvgIpc) is 1.90. The molecule has 0 spiro atoms. The molecule has 0 aliphatic heterocycles. The van der Waals surface area contributed by atoms with Crippen LogP contribution in [0.4, 0.5) is 0 Å². The van der Waals surface area contributed by atoms with Gasteiger partial charge in [0.1, 0.15) is 0 Å². The third-order valence-electron chi connectivity index (χ3n) is 1.78. The van der Waals surface area contributed by atoms with Gasteiger partial charge in [0, 0.05) is 0 Å². The topological polar surface area (TPSA) is 37.3 Å². The Morgan fingerprint density at radius 3 is 2.64 bits per heavy atom. The van der Waals surface area contributed by atoms with E-state index in [0.717, 1.165) is 10.4 Å². The summed E-state index contributed by atoms with van der Waals surface area (Å²) in [5.74, 6) is -0.844. The zero-order valence-corrected chi connectivity index (χ0v) is 5.74. The van der Waals surface area contributed by atoms with Gasteiger partial charge in [0.25, 0.3) is 0 Å². The van der Waals surface area contributed by atoms with Gasteiger partial charge in [-0.3, -0.25) is 0 Å². The van der Waals surface area contributed by atoms with Crippen LogP contribution in [0.15, 0.2) is 24.3 Å². The fourth-order valence-electron chi connectivity index (χ4n) is 1.20. The lowest BCUT2D eigenvalue weighted by atomic mass is 10.0. The van der Waals surface area contributed by atoms with Gasteiger partial charge in [0.15, 0.2) is 0 Å². The molecule has 1 aromatic carbocycles. The van der Waals surface area contributed by atoms with E-state index in [2.05, 4.69) is 0 Å². The molecule has 2 nitrogen and oxygen atoms in total. The van der Waals surface area contributed by atoms with Gasteiger partial charge < -0.3 is 5.11 Å². The van der Waals surface area contributed by atoms with Crippen LogP contribution in [0.3, 0.4) is 0 Å². The lowest BCUT2D eigenvalue weighted by Gasteiger charge is -2.04. The van der Waals surface area contributed by atoms with Gasteiger partial charge in [-0.1, -0.05) is 24.3 Å². The first-order chi connectivity index (χ1) is 5.29. The first-order valence-electron chi connectivity index (χ1n) is 3.33. The molecule has 2 rings (SSSR count). The van der Waals surface area contributed by atoms with Gasteiger partial charge in [-0.15, -0.1) is 0 Å². The monoisotopic (exact) mass is 146 g/mol. The highest BCUT2D eigenvalue weighted by Crippen LogP contribution is 1.99. The molecule has 0 saturated carbocycles. The van der Waals surface area contributed by atoms with E-state index in [1.54, 1.807) is 6.08 Å². The highest BCUT2D eigenvalue weighted by Gasteiger charge is 2.11. The molecule has 0 radical (unpaired) electrons. The summed E-state index contributed by atoms with van der Waals surface area (Å²) >= 11 is 0. The van der Waals surface area contributed by atoms with Crippen molar-refractivity contribution in [1.29, 1.82) is 0 Å². The minimum atomic E-state index is -0.844. The molecule has 0 saturated heterocycles. The molecular formula is C9H6O2. The van der Waals surface area contributed by atoms with Crippen molar-refractivity contribution < 1.29 is 9.90 Å². The molecule has 0 heterocycles. The first-order valence-corrected chi connectivity index (χ1v) is 3.33. The van der Waals surface area contributed by atoms with E-state index < -0.39 is 5.97 Å². The molecule has 0 bridgehead atoms. The Bertz CT molecular complexity index is 429. The predicted molar refractivity (Wildman–Crippen MR) is 41.2 cm³/mol. The summed E-state index contributed by atoms with van der Waals surface area (Å²) < 4.78 is 0. The minimum Gasteiger partial charge on any atom is -0.478 e. The highest BCUT2D eigenvalue weighted by molar-refractivity contribution is 6.22. The van der Waals surface area contributed by atoms with Crippen molar-refractivity contribution >= 4 is 17.6 Å². The van der Waals surface area contributed by atoms with Crippen molar-refractivity contribution in [1.82, 2.24) is 0 Å². The van der Waals surface area contributed by atoms with Crippen LogP contribution >= 0.6 is 0 Å². The molecule has 0 aromatic heterocycles. The summed E-state index contributed by atoms with van der Waals surface area (Å²) in [4.78, 5) is 10.5. The van der Waals surface area contributed by atoms with E-state index in [-0.39, 0.29) is 0 Å². The quantitative estimate of drug-likeness (QED) is 0.591. The van der Waals surface area contributed by atoms with Crippen LogP contribution in [0.1, 0.15) is 0 Å². The molecular weight excluding hydrogens is 140 g/mol. The number of carboxylic acid groups (broad SMARTS) is 1. The molecule has 0 amide bonds. The Hall–Kier alpha value is -1.57. The number of fused-ring (bicyclic) bond motifs is 1. The van der Waals surface area contributed by atoms with E-state index in [9.17, 15) is 4.79 Å². The Balaban J connectivity index is 2.73. The van der Waals surface area contributed by atoms with E-state index in [0.29, 0.717) is 5.57 Å². The molecule has 0 fully saturated rings. The Labute approximate surface area is 63.1 Å². The average molecular weight is 146 g/mol. The number of hydrogen-bond acceptors (Lipinski definition) is 1. The maximum atomic E-state index is 10.5. The van der Waals surface area contributed by atoms with Gasteiger partial charge in [-0.2, -0.15) is 0 Å². The molecule has 54 valence electrons. The molecule has 1 N–H and O–H groups in total. The second kappa shape index (κ2) is 1.95. The van der Waals surface area contributed by atoms with Gasteiger partial charge in [-0.05, 0) is 16.5 Å². The second-order valence-electron chi connectivity index (χ2n) is 2.45. The molecule has 1 aromatic rings. The number of benzene rings is 1. The number of rotatable bonds is 1. The summed E-state index contributed by atoms with van der Waals surface area (Å²) in [6.07, 6.45) is 1.68. The largest absolute Gasteiger partial charge is 0.478 e. The number of carbonyl (C=O) groups is 1. The zero-order chi connectivity index (χ0) is 7.84. The molecule has 0 unspecified atom stereocenters.